The summed E-state index contributed by atoms with van der Waals surface area (Å²) in [5, 5.41) is 14.8. The molecule has 2 aliphatic rings. The number of carbonyl (C=O) groups is 1. The van der Waals surface area contributed by atoms with Gasteiger partial charge in [-0.1, -0.05) is 32.0 Å². The highest BCUT2D eigenvalue weighted by molar-refractivity contribution is 6.05. The molecule has 2 bridgehead atoms. The lowest BCUT2D eigenvalue weighted by atomic mass is 9.83. The number of amides is 1. The molecule has 2 atom stereocenters. The molecule has 8 nitrogen and oxygen atoms in total. The quantitative estimate of drug-likeness (QED) is 0.427. The fourth-order valence-electron chi connectivity index (χ4n) is 5.33. The number of pyridine rings is 1. The average molecular weight is 473 g/mol. The van der Waals surface area contributed by atoms with Crippen LogP contribution in [0.4, 0.5) is 17.1 Å². The van der Waals surface area contributed by atoms with Crippen molar-refractivity contribution in [2.45, 2.75) is 38.6 Å². The monoisotopic (exact) mass is 472 g/mol. The van der Waals surface area contributed by atoms with Crippen LogP contribution in [-0.2, 0) is 6.54 Å². The van der Waals surface area contributed by atoms with Gasteiger partial charge in [0.15, 0.2) is 0 Å². The summed E-state index contributed by atoms with van der Waals surface area (Å²) in [6.45, 7) is 6.04. The number of hydrogen-bond acceptors (Lipinski definition) is 5. The lowest BCUT2D eigenvalue weighted by molar-refractivity contribution is -0.384. The van der Waals surface area contributed by atoms with Crippen LogP contribution in [-0.4, -0.2) is 28.5 Å². The molecule has 2 aliphatic heterocycles. The molecule has 3 heterocycles. The highest BCUT2D eigenvalue weighted by atomic mass is 16.6. The minimum atomic E-state index is -0.424. The summed E-state index contributed by atoms with van der Waals surface area (Å²) in [6.07, 6.45) is 0.962. The Bertz CT molecular complexity index is 1350. The van der Waals surface area contributed by atoms with Crippen LogP contribution >= 0.6 is 0 Å². The zero-order chi connectivity index (χ0) is 24.7. The van der Waals surface area contributed by atoms with Crippen LogP contribution < -0.4 is 15.8 Å². The maximum atomic E-state index is 12.8. The number of aromatic nitrogens is 1. The molecule has 0 aliphatic carbocycles. The normalized spacial score (nSPS) is 18.8. The summed E-state index contributed by atoms with van der Waals surface area (Å²) in [5.74, 6) is 0.366. The van der Waals surface area contributed by atoms with Crippen LogP contribution in [0.1, 0.15) is 53.7 Å². The zero-order valence-corrected chi connectivity index (χ0v) is 19.8. The molecule has 0 radical (unpaired) electrons. The van der Waals surface area contributed by atoms with E-state index in [1.807, 2.05) is 39.8 Å². The Morgan fingerprint density at radius 1 is 1.06 bits per heavy atom. The fourth-order valence-corrected chi connectivity index (χ4v) is 5.33. The van der Waals surface area contributed by atoms with E-state index in [1.165, 1.54) is 11.6 Å². The second kappa shape index (κ2) is 9.02. The summed E-state index contributed by atoms with van der Waals surface area (Å²) in [4.78, 5) is 38.7. The summed E-state index contributed by atoms with van der Waals surface area (Å²) in [5.41, 5.74) is 3.46. The predicted octanol–water partition coefficient (Wildman–Crippen LogP) is 4.76. The van der Waals surface area contributed by atoms with Crippen molar-refractivity contribution in [3.05, 3.63) is 98.0 Å². The molecule has 2 aromatic carbocycles. The Balaban J connectivity index is 1.39. The molecule has 8 heteroatoms. The number of benzene rings is 2. The Morgan fingerprint density at radius 3 is 2.54 bits per heavy atom. The van der Waals surface area contributed by atoms with Crippen molar-refractivity contribution in [1.29, 1.82) is 0 Å². The third-order valence-corrected chi connectivity index (χ3v) is 7.09. The van der Waals surface area contributed by atoms with Gasteiger partial charge in [0.25, 0.3) is 17.2 Å². The standard InChI is InChI=1S/C27H28N4O4/c1-17(2)19-6-9-22(10-7-19)28-27(33)20-8-11-24(25(13-20)31(34)35)29-14-18-12-21(16-29)23-4-3-5-26(32)30(23)15-18/h3-11,13,17-18,21H,12,14-16H2,1-2H3,(H,28,33)/t18-,21+/m1/s1. The summed E-state index contributed by atoms with van der Waals surface area (Å²) < 4.78 is 1.84. The van der Waals surface area contributed by atoms with Gasteiger partial charge in [-0.3, -0.25) is 19.7 Å². The van der Waals surface area contributed by atoms with Gasteiger partial charge in [-0.2, -0.15) is 0 Å². The molecule has 0 spiro atoms. The van der Waals surface area contributed by atoms with Crippen LogP contribution in [0.5, 0.6) is 0 Å². The maximum absolute atomic E-state index is 12.8. The Morgan fingerprint density at radius 2 is 1.83 bits per heavy atom. The van der Waals surface area contributed by atoms with E-state index in [-0.39, 0.29) is 34.6 Å². The van der Waals surface area contributed by atoms with E-state index >= 15 is 0 Å². The zero-order valence-electron chi connectivity index (χ0n) is 19.8. The highest BCUT2D eigenvalue weighted by Crippen LogP contribution is 2.39. The van der Waals surface area contributed by atoms with E-state index < -0.39 is 4.92 Å². The number of nitrogens with one attached hydrogen (secondary N) is 1. The summed E-state index contributed by atoms with van der Waals surface area (Å²) in [7, 11) is 0. The van der Waals surface area contributed by atoms with Crippen molar-refractivity contribution in [1.82, 2.24) is 4.57 Å². The van der Waals surface area contributed by atoms with Gasteiger partial charge in [-0.05, 0) is 54.2 Å². The molecule has 0 unspecified atom stereocenters. The van der Waals surface area contributed by atoms with Crippen LogP contribution in [0.25, 0.3) is 0 Å². The number of fused-ring (bicyclic) bond motifs is 4. The first-order valence-corrected chi connectivity index (χ1v) is 11.9. The largest absolute Gasteiger partial charge is 0.365 e. The predicted molar refractivity (Wildman–Crippen MR) is 135 cm³/mol. The molecule has 1 aromatic heterocycles. The molecule has 0 saturated carbocycles. The van der Waals surface area contributed by atoms with Gasteiger partial charge in [0.2, 0.25) is 0 Å². The van der Waals surface area contributed by atoms with E-state index in [2.05, 4.69) is 19.2 Å². The van der Waals surface area contributed by atoms with E-state index in [1.54, 1.807) is 24.3 Å². The molecule has 1 fully saturated rings. The number of anilines is 2. The van der Waals surface area contributed by atoms with Gasteiger partial charge < -0.3 is 14.8 Å². The Hall–Kier alpha value is -3.94. The minimum Gasteiger partial charge on any atom is -0.365 e. The molecule has 180 valence electrons. The molecule has 35 heavy (non-hydrogen) atoms. The van der Waals surface area contributed by atoms with Gasteiger partial charge >= 0.3 is 0 Å². The third-order valence-electron chi connectivity index (χ3n) is 7.09. The number of nitrogens with zero attached hydrogens (tertiary/aromatic N) is 3. The molecule has 5 rings (SSSR count). The van der Waals surface area contributed by atoms with Crippen LogP contribution in [0.3, 0.4) is 0 Å². The number of hydrogen-bond donors (Lipinski definition) is 1. The number of nitro groups is 1. The van der Waals surface area contributed by atoms with Crippen molar-refractivity contribution in [3.8, 4) is 0 Å². The highest BCUT2D eigenvalue weighted by Gasteiger charge is 2.36. The number of carbonyl (C=O) groups excluding carboxylic acids is 1. The second-order valence-electron chi connectivity index (χ2n) is 9.79. The maximum Gasteiger partial charge on any atom is 0.293 e. The van der Waals surface area contributed by atoms with Gasteiger partial charge in [-0.25, -0.2) is 0 Å². The summed E-state index contributed by atoms with van der Waals surface area (Å²) in [6, 6.07) is 17.6. The fraction of sp³-hybridized carbons (Fsp3) is 0.333. The van der Waals surface area contributed by atoms with Crippen molar-refractivity contribution >= 4 is 23.0 Å². The van der Waals surface area contributed by atoms with Crippen LogP contribution in [0.15, 0.2) is 65.5 Å². The lowest BCUT2D eigenvalue weighted by Gasteiger charge is -2.43. The number of rotatable bonds is 5. The molecular formula is C27H28N4O4. The van der Waals surface area contributed by atoms with Crippen molar-refractivity contribution in [2.75, 3.05) is 23.3 Å². The number of piperidine rings is 1. The SMILES string of the molecule is CC(C)c1ccc(NC(=O)c2ccc(N3C[C@H]4C[C@@H](C3)c3cccc(=O)n3C4)c([N+](=O)[O-])c2)cc1. The van der Waals surface area contributed by atoms with E-state index in [0.717, 1.165) is 12.1 Å². The summed E-state index contributed by atoms with van der Waals surface area (Å²) >= 11 is 0. The topological polar surface area (TPSA) is 97.5 Å². The molecule has 1 N–H and O–H groups in total. The molecule has 1 saturated heterocycles. The van der Waals surface area contributed by atoms with E-state index in [4.69, 9.17) is 0 Å². The second-order valence-corrected chi connectivity index (χ2v) is 9.79. The van der Waals surface area contributed by atoms with Crippen molar-refractivity contribution in [3.63, 3.8) is 0 Å². The van der Waals surface area contributed by atoms with Gasteiger partial charge in [0, 0.05) is 54.6 Å². The van der Waals surface area contributed by atoms with Gasteiger partial charge in [0.05, 0.1) is 4.92 Å². The number of nitro benzene ring substituents is 1. The van der Waals surface area contributed by atoms with Crippen LogP contribution in [0, 0.1) is 16.0 Å². The minimum absolute atomic E-state index is 0.00541. The Kier molecular flexibility index (Phi) is 5.88. The molecular weight excluding hydrogens is 444 g/mol. The third kappa shape index (κ3) is 4.43. The first-order valence-electron chi connectivity index (χ1n) is 11.9. The molecule has 3 aromatic rings. The Labute approximate surface area is 203 Å². The van der Waals surface area contributed by atoms with Gasteiger partial charge in [0.1, 0.15) is 5.69 Å². The van der Waals surface area contributed by atoms with Crippen molar-refractivity contribution < 1.29 is 9.72 Å². The smallest absolute Gasteiger partial charge is 0.293 e. The van der Waals surface area contributed by atoms with Crippen LogP contribution in [0.2, 0.25) is 0 Å². The molecule has 1 amide bonds. The first kappa shape index (κ1) is 22.8. The lowest BCUT2D eigenvalue weighted by Crippen LogP contribution is -2.47. The van der Waals surface area contributed by atoms with E-state index in [0.29, 0.717) is 36.9 Å². The first-order chi connectivity index (χ1) is 16.8. The van der Waals surface area contributed by atoms with E-state index in [9.17, 15) is 19.7 Å². The van der Waals surface area contributed by atoms with Crippen molar-refractivity contribution in [2.24, 2.45) is 5.92 Å². The van der Waals surface area contributed by atoms with Gasteiger partial charge in [-0.15, -0.1) is 0 Å². The average Bonchev–Trinajstić information content (AvgIpc) is 2.84.